The molecule has 1 aliphatic heterocycles. The lowest BCUT2D eigenvalue weighted by Gasteiger charge is -2.30. The zero-order valence-electron chi connectivity index (χ0n) is 18.9. The second-order valence-electron chi connectivity index (χ2n) is 8.20. The third kappa shape index (κ3) is 5.19. The minimum absolute atomic E-state index is 0.185. The Morgan fingerprint density at radius 3 is 2.41 bits per heavy atom. The van der Waals surface area contributed by atoms with Gasteiger partial charge in [0, 0.05) is 29.6 Å². The van der Waals surface area contributed by atoms with Crippen molar-refractivity contribution in [2.24, 2.45) is 5.92 Å². The molecule has 8 nitrogen and oxygen atoms in total. The fourth-order valence-electron chi connectivity index (χ4n) is 3.82. The molecule has 1 aliphatic rings. The Balaban J connectivity index is 1.42. The average Bonchev–Trinajstić information content (AvgIpc) is 3.32. The third-order valence-electron chi connectivity index (χ3n) is 5.70. The van der Waals surface area contributed by atoms with Gasteiger partial charge in [-0.05, 0) is 55.2 Å². The highest BCUT2D eigenvalue weighted by molar-refractivity contribution is 7.89. The SMILES string of the molecule is COC(=O)c1ccc(-c2csc(NC(=O)c3ccc(S(=O)(=O)N4CCCC(C)C4)cc3)n2)cc1. The third-order valence-corrected chi connectivity index (χ3v) is 8.34. The standard InChI is InChI=1S/C24H25N3O5S2/c1-16-4-3-13-27(14-16)34(30,31)20-11-9-18(10-12-20)22(28)26-24-25-21(15-33-24)17-5-7-19(8-6-17)23(29)32-2/h5-12,15-16H,3-4,13-14H2,1-2H3,(H,25,26,28). The molecule has 2 aromatic carbocycles. The van der Waals surface area contributed by atoms with E-state index in [9.17, 15) is 18.0 Å². The van der Waals surface area contributed by atoms with E-state index in [4.69, 9.17) is 4.74 Å². The molecule has 0 bridgehead atoms. The van der Waals surface area contributed by atoms with Gasteiger partial charge < -0.3 is 4.74 Å². The van der Waals surface area contributed by atoms with E-state index < -0.39 is 16.0 Å². The van der Waals surface area contributed by atoms with Crippen molar-refractivity contribution in [2.75, 3.05) is 25.5 Å². The Labute approximate surface area is 202 Å². The highest BCUT2D eigenvalue weighted by Gasteiger charge is 2.28. The molecule has 1 amide bonds. The molecule has 34 heavy (non-hydrogen) atoms. The number of ether oxygens (including phenoxy) is 1. The average molecular weight is 500 g/mol. The number of carbonyl (C=O) groups excluding carboxylic acids is 2. The number of anilines is 1. The summed E-state index contributed by atoms with van der Waals surface area (Å²) in [5.41, 5.74) is 2.24. The first-order valence-corrected chi connectivity index (χ1v) is 13.2. The number of piperidine rings is 1. The second kappa shape index (κ2) is 10.0. The zero-order chi connectivity index (χ0) is 24.3. The van der Waals surface area contributed by atoms with Crippen LogP contribution >= 0.6 is 11.3 Å². The van der Waals surface area contributed by atoms with Crippen molar-refractivity contribution in [3.63, 3.8) is 0 Å². The van der Waals surface area contributed by atoms with Gasteiger partial charge in [-0.3, -0.25) is 10.1 Å². The van der Waals surface area contributed by atoms with Crippen molar-refractivity contribution in [1.29, 1.82) is 0 Å². The lowest BCUT2D eigenvalue weighted by atomic mass is 10.0. The number of hydrogen-bond donors (Lipinski definition) is 1. The van der Waals surface area contributed by atoms with Crippen molar-refractivity contribution < 1.29 is 22.7 Å². The first-order valence-electron chi connectivity index (χ1n) is 10.8. The minimum Gasteiger partial charge on any atom is -0.465 e. The molecule has 2 heterocycles. The van der Waals surface area contributed by atoms with Crippen LogP contribution in [0.1, 0.15) is 40.5 Å². The summed E-state index contributed by atoms with van der Waals surface area (Å²) < 4.78 is 32.0. The molecule has 1 atom stereocenters. The number of rotatable bonds is 6. The van der Waals surface area contributed by atoms with Crippen LogP contribution in [0.3, 0.4) is 0 Å². The highest BCUT2D eigenvalue weighted by Crippen LogP contribution is 2.27. The van der Waals surface area contributed by atoms with Gasteiger partial charge in [0.1, 0.15) is 0 Å². The summed E-state index contributed by atoms with van der Waals surface area (Å²) in [5.74, 6) is -0.456. The molecule has 1 N–H and O–H groups in total. The summed E-state index contributed by atoms with van der Waals surface area (Å²) in [5, 5.41) is 4.97. The number of thiazole rings is 1. The second-order valence-corrected chi connectivity index (χ2v) is 11.0. The monoisotopic (exact) mass is 499 g/mol. The van der Waals surface area contributed by atoms with E-state index >= 15 is 0 Å². The maximum Gasteiger partial charge on any atom is 0.337 e. The van der Waals surface area contributed by atoms with Gasteiger partial charge in [-0.15, -0.1) is 11.3 Å². The van der Waals surface area contributed by atoms with Gasteiger partial charge in [0.15, 0.2) is 5.13 Å². The Kier molecular flexibility index (Phi) is 7.11. The fourth-order valence-corrected chi connectivity index (χ4v) is 6.13. The first-order chi connectivity index (χ1) is 16.3. The van der Waals surface area contributed by atoms with E-state index in [2.05, 4.69) is 17.2 Å². The number of amides is 1. The topological polar surface area (TPSA) is 106 Å². The number of aromatic nitrogens is 1. The molecule has 178 valence electrons. The van der Waals surface area contributed by atoms with Gasteiger partial charge in [-0.1, -0.05) is 19.1 Å². The maximum absolute atomic E-state index is 12.9. The molecule has 1 saturated heterocycles. The molecule has 4 rings (SSSR count). The van der Waals surface area contributed by atoms with Gasteiger partial charge in [-0.25, -0.2) is 18.2 Å². The Morgan fingerprint density at radius 1 is 1.09 bits per heavy atom. The quantitative estimate of drug-likeness (QED) is 0.508. The smallest absolute Gasteiger partial charge is 0.337 e. The molecule has 0 aliphatic carbocycles. The van der Waals surface area contributed by atoms with Crippen LogP contribution in [-0.2, 0) is 14.8 Å². The number of nitrogens with one attached hydrogen (secondary N) is 1. The van der Waals surface area contributed by atoms with E-state index in [1.807, 2.05) is 0 Å². The van der Waals surface area contributed by atoms with Crippen molar-refractivity contribution in [2.45, 2.75) is 24.7 Å². The molecule has 1 unspecified atom stereocenters. The maximum atomic E-state index is 12.9. The number of hydrogen-bond acceptors (Lipinski definition) is 7. The predicted octanol–water partition coefficient (Wildman–Crippen LogP) is 4.27. The highest BCUT2D eigenvalue weighted by atomic mass is 32.2. The van der Waals surface area contributed by atoms with Gasteiger partial charge in [0.2, 0.25) is 10.0 Å². The normalized spacial score (nSPS) is 16.7. The summed E-state index contributed by atoms with van der Waals surface area (Å²) in [4.78, 5) is 28.9. The summed E-state index contributed by atoms with van der Waals surface area (Å²) in [6, 6.07) is 12.8. The van der Waals surface area contributed by atoms with Crippen LogP contribution in [0, 0.1) is 5.92 Å². The Bertz CT molecular complexity index is 1280. The van der Waals surface area contributed by atoms with Crippen LogP contribution in [0.4, 0.5) is 5.13 Å². The predicted molar refractivity (Wildman–Crippen MR) is 130 cm³/mol. The zero-order valence-corrected chi connectivity index (χ0v) is 20.5. The minimum atomic E-state index is -3.57. The molecule has 0 radical (unpaired) electrons. The van der Waals surface area contributed by atoms with E-state index in [1.165, 1.54) is 47.0 Å². The number of benzene rings is 2. The first kappa shape index (κ1) is 24.1. The summed E-state index contributed by atoms with van der Waals surface area (Å²) in [7, 11) is -2.24. The summed E-state index contributed by atoms with van der Waals surface area (Å²) in [6.07, 6.45) is 1.88. The van der Waals surface area contributed by atoms with Crippen LogP contribution in [-0.4, -0.2) is 49.8 Å². The van der Waals surface area contributed by atoms with E-state index in [1.54, 1.807) is 29.6 Å². The van der Waals surface area contributed by atoms with Crippen molar-refractivity contribution >= 4 is 38.4 Å². The van der Waals surface area contributed by atoms with Gasteiger partial charge in [0.25, 0.3) is 5.91 Å². The van der Waals surface area contributed by atoms with E-state index in [0.717, 1.165) is 18.4 Å². The van der Waals surface area contributed by atoms with E-state index in [-0.39, 0.29) is 10.8 Å². The molecule has 0 saturated carbocycles. The lowest BCUT2D eigenvalue weighted by Crippen LogP contribution is -2.39. The largest absolute Gasteiger partial charge is 0.465 e. The molecule has 3 aromatic rings. The van der Waals surface area contributed by atoms with Crippen molar-refractivity contribution in [1.82, 2.24) is 9.29 Å². The van der Waals surface area contributed by atoms with Crippen LogP contribution in [0.25, 0.3) is 11.3 Å². The molecular weight excluding hydrogens is 474 g/mol. The van der Waals surface area contributed by atoms with Gasteiger partial charge >= 0.3 is 5.97 Å². The molecule has 1 aromatic heterocycles. The number of sulfonamides is 1. The number of methoxy groups -OCH3 is 1. The Morgan fingerprint density at radius 2 is 1.76 bits per heavy atom. The van der Waals surface area contributed by atoms with Crippen LogP contribution in [0.5, 0.6) is 0 Å². The number of carbonyl (C=O) groups is 2. The van der Waals surface area contributed by atoms with Gasteiger partial charge in [-0.2, -0.15) is 4.31 Å². The summed E-state index contributed by atoms with van der Waals surface area (Å²) in [6.45, 7) is 3.09. The van der Waals surface area contributed by atoms with Crippen LogP contribution in [0.2, 0.25) is 0 Å². The Hall–Kier alpha value is -3.08. The van der Waals surface area contributed by atoms with Crippen molar-refractivity contribution in [3.8, 4) is 11.3 Å². The molecule has 0 spiro atoms. The summed E-state index contributed by atoms with van der Waals surface area (Å²) >= 11 is 1.27. The van der Waals surface area contributed by atoms with Crippen LogP contribution in [0.15, 0.2) is 58.8 Å². The van der Waals surface area contributed by atoms with Gasteiger partial charge in [0.05, 0.1) is 23.3 Å². The molecule has 10 heteroatoms. The number of esters is 1. The lowest BCUT2D eigenvalue weighted by molar-refractivity contribution is 0.0600. The molecular formula is C24H25N3O5S2. The van der Waals surface area contributed by atoms with Crippen molar-refractivity contribution in [3.05, 3.63) is 65.0 Å². The van der Waals surface area contributed by atoms with E-state index in [0.29, 0.717) is 41.0 Å². The van der Waals surface area contributed by atoms with Crippen LogP contribution < -0.4 is 5.32 Å². The number of nitrogens with zero attached hydrogens (tertiary/aromatic N) is 2. The fraction of sp³-hybridized carbons (Fsp3) is 0.292. The molecule has 1 fully saturated rings.